The maximum Gasteiger partial charge on any atom is 2.00 e. The molecule has 0 bridgehead atoms. The second-order valence-electron chi connectivity index (χ2n) is 5.78. The molecule has 4 heteroatoms. The Morgan fingerprint density at radius 1 is 0.630 bits per heavy atom. The van der Waals surface area contributed by atoms with Crippen LogP contribution < -0.4 is 5.73 Å². The normalized spacial score (nSPS) is 25.4. The third-order valence-corrected chi connectivity index (χ3v) is 3.92. The van der Waals surface area contributed by atoms with Gasteiger partial charge in [-0.3, -0.25) is 0 Å². The van der Waals surface area contributed by atoms with Gasteiger partial charge in [0.2, 0.25) is 0 Å². The third kappa shape index (κ3) is 10.5. The van der Waals surface area contributed by atoms with Crippen LogP contribution in [0.1, 0.15) is 6.92 Å². The fraction of sp³-hybridized carbons (Fsp3) is 0.130. The van der Waals surface area contributed by atoms with E-state index in [-0.39, 0.29) is 40.2 Å². The number of rotatable bonds is 3. The van der Waals surface area contributed by atoms with Gasteiger partial charge in [0.1, 0.15) is 0 Å². The van der Waals surface area contributed by atoms with Crippen LogP contribution >= 0.6 is 0 Å². The Morgan fingerprint density at radius 3 is 1.37 bits per heavy atom. The predicted molar refractivity (Wildman–Crippen MR) is 102 cm³/mol. The molecule has 4 fully saturated rings. The molecule has 0 aliphatic heterocycles. The standard InChI is InChI=1S/C13H15NO.2C5H5.2Fe/c1-9-5-4-8-11(9)12(14)13(15)10-6-2-3-7-10;2*1-2-4-5-3-1;;/h2-8,12-13,15H,14H2,1H3;2*1-5H;;/q;;;2*+2/t12-,13+;;;;/m1..../s1. The Kier molecular flexibility index (Phi) is 17.3. The molecule has 4 aliphatic carbocycles. The van der Waals surface area contributed by atoms with Gasteiger partial charge < -0.3 is 10.8 Å². The molecular formula is C23H25Fe2NO+4. The minimum absolute atomic E-state index is 0. The first-order valence-corrected chi connectivity index (χ1v) is 8.41. The zero-order valence-electron chi connectivity index (χ0n) is 15.2. The van der Waals surface area contributed by atoms with E-state index in [2.05, 4.69) is 0 Å². The molecule has 0 aromatic rings. The summed E-state index contributed by atoms with van der Waals surface area (Å²) >= 11 is 0. The number of hydrogen-bond acceptors (Lipinski definition) is 2. The second kappa shape index (κ2) is 16.7. The quantitative estimate of drug-likeness (QED) is 0.660. The summed E-state index contributed by atoms with van der Waals surface area (Å²) < 4.78 is 0. The summed E-state index contributed by atoms with van der Waals surface area (Å²) in [6.45, 7) is 2.01. The van der Waals surface area contributed by atoms with E-state index in [0.29, 0.717) is 0 Å². The molecule has 4 saturated carbocycles. The van der Waals surface area contributed by atoms with E-state index in [0.717, 1.165) is 17.8 Å². The summed E-state index contributed by atoms with van der Waals surface area (Å²) in [5.74, 6) is 3.03. The van der Waals surface area contributed by atoms with E-state index in [1.165, 1.54) is 0 Å². The molecule has 3 N–H and O–H groups in total. The minimum Gasteiger partial charge on any atom is -0.391 e. The SMILES string of the molecule is C[C]1[CH][CH][CH][C]1[C@@H](N)[C@@H](O)[C]1[CH][CH][CH][CH]1.[CH]1[CH][CH][CH][CH]1.[CH]1[CH][CH][CH][CH]1.[Fe+2].[Fe+2]. The first kappa shape index (κ1) is 28.0. The van der Waals surface area contributed by atoms with Crippen LogP contribution in [-0.4, -0.2) is 17.3 Å². The predicted octanol–water partition coefficient (Wildman–Crippen LogP) is 2.91. The van der Waals surface area contributed by atoms with E-state index < -0.39 is 6.10 Å². The molecule has 0 aromatic carbocycles. The van der Waals surface area contributed by atoms with Crippen LogP contribution in [0.5, 0.6) is 0 Å². The fourth-order valence-electron chi connectivity index (χ4n) is 2.50. The molecule has 0 amide bonds. The van der Waals surface area contributed by atoms with Gasteiger partial charge in [-0.2, -0.15) is 0 Å². The molecule has 20 radical (unpaired) electrons. The summed E-state index contributed by atoms with van der Waals surface area (Å²) in [5.41, 5.74) is 6.02. The maximum atomic E-state index is 10.0. The average Bonchev–Trinajstić information content (AvgIpc) is 3.45. The van der Waals surface area contributed by atoms with Gasteiger partial charge in [0, 0.05) is 17.9 Å². The minimum atomic E-state index is -0.624. The van der Waals surface area contributed by atoms with Crippen LogP contribution in [0.2, 0.25) is 0 Å². The van der Waals surface area contributed by atoms with Crippen molar-refractivity contribution in [2.45, 2.75) is 19.1 Å². The summed E-state index contributed by atoms with van der Waals surface area (Å²) in [4.78, 5) is 0. The van der Waals surface area contributed by atoms with E-state index in [4.69, 9.17) is 5.73 Å². The van der Waals surface area contributed by atoms with Crippen molar-refractivity contribution >= 4 is 0 Å². The van der Waals surface area contributed by atoms with Crippen LogP contribution in [0.4, 0.5) is 0 Å². The molecule has 0 heterocycles. The number of hydrogen-bond donors (Lipinski definition) is 2. The Morgan fingerprint density at radius 2 is 1.04 bits per heavy atom. The second-order valence-corrected chi connectivity index (χ2v) is 5.78. The van der Waals surface area contributed by atoms with Crippen LogP contribution in [0.25, 0.3) is 0 Å². The molecule has 140 valence electrons. The van der Waals surface area contributed by atoms with Gasteiger partial charge in [0.15, 0.2) is 0 Å². The summed E-state index contributed by atoms with van der Waals surface area (Å²) in [6.07, 6.45) is 32.9. The number of nitrogens with two attached hydrogens (primary N) is 1. The Labute approximate surface area is 190 Å². The van der Waals surface area contributed by atoms with E-state index in [1.54, 1.807) is 0 Å². The largest absolute Gasteiger partial charge is 2.00 e. The van der Waals surface area contributed by atoms with Gasteiger partial charge in [-0.15, -0.1) is 0 Å². The van der Waals surface area contributed by atoms with E-state index in [1.807, 2.05) is 116 Å². The fourth-order valence-corrected chi connectivity index (χ4v) is 2.50. The van der Waals surface area contributed by atoms with Crippen molar-refractivity contribution in [2.75, 3.05) is 0 Å². The van der Waals surface area contributed by atoms with Gasteiger partial charge in [-0.25, -0.2) is 0 Å². The summed E-state index contributed by atoms with van der Waals surface area (Å²) in [7, 11) is 0. The molecule has 2 atom stereocenters. The van der Waals surface area contributed by atoms with E-state index in [9.17, 15) is 5.11 Å². The van der Waals surface area contributed by atoms with Gasteiger partial charge >= 0.3 is 34.1 Å². The molecule has 0 saturated heterocycles. The summed E-state index contributed by atoms with van der Waals surface area (Å²) in [6, 6.07) is -0.345. The molecule has 0 aromatic heterocycles. The van der Waals surface area contributed by atoms with Crippen LogP contribution in [0.15, 0.2) is 0 Å². The monoisotopic (exact) mass is 443 g/mol. The first-order valence-electron chi connectivity index (χ1n) is 8.41. The van der Waals surface area contributed by atoms with Crippen molar-refractivity contribution in [3.8, 4) is 0 Å². The zero-order valence-corrected chi connectivity index (χ0v) is 17.4. The van der Waals surface area contributed by atoms with Gasteiger partial charge in [0.05, 0.1) is 6.10 Å². The molecule has 27 heavy (non-hydrogen) atoms. The van der Waals surface area contributed by atoms with Crippen molar-refractivity contribution in [1.82, 2.24) is 0 Å². The molecule has 0 spiro atoms. The molecule has 0 unspecified atom stereocenters. The smallest absolute Gasteiger partial charge is 0.391 e. The van der Waals surface area contributed by atoms with Gasteiger partial charge in [0.25, 0.3) is 0 Å². The molecule has 2 nitrogen and oxygen atoms in total. The third-order valence-electron chi connectivity index (χ3n) is 3.92. The van der Waals surface area contributed by atoms with Gasteiger partial charge in [-0.05, 0) is 115 Å². The summed E-state index contributed by atoms with van der Waals surface area (Å²) in [5, 5.41) is 10.0. The van der Waals surface area contributed by atoms with Crippen molar-refractivity contribution in [3.63, 3.8) is 0 Å². The first-order chi connectivity index (χ1) is 12.2. The topological polar surface area (TPSA) is 46.2 Å². The van der Waals surface area contributed by atoms with Crippen molar-refractivity contribution in [1.29, 1.82) is 0 Å². The van der Waals surface area contributed by atoms with Crippen molar-refractivity contribution < 1.29 is 39.2 Å². The van der Waals surface area contributed by atoms with Gasteiger partial charge in [-0.1, -0.05) is 6.92 Å². The molecular weight excluding hydrogens is 418 g/mol. The van der Waals surface area contributed by atoms with Crippen LogP contribution in [0.3, 0.4) is 0 Å². The van der Waals surface area contributed by atoms with Crippen LogP contribution in [-0.2, 0) is 34.1 Å². The number of aliphatic hydroxyl groups excluding tert-OH is 1. The van der Waals surface area contributed by atoms with Crippen molar-refractivity contribution in [3.05, 3.63) is 127 Å². The maximum absolute atomic E-state index is 10.0. The zero-order chi connectivity index (χ0) is 17.9. The Hall–Kier alpha value is 0.959. The Balaban J connectivity index is 0.000000465. The van der Waals surface area contributed by atoms with Crippen molar-refractivity contribution in [2.24, 2.45) is 5.73 Å². The number of aliphatic hydroxyl groups is 1. The molecule has 4 aliphatic rings. The van der Waals surface area contributed by atoms with Crippen LogP contribution in [0, 0.1) is 127 Å². The average molecular weight is 443 g/mol. The Bertz CT molecular complexity index is 303. The van der Waals surface area contributed by atoms with E-state index >= 15 is 0 Å². The molecule has 4 rings (SSSR count).